The molecule has 0 radical (unpaired) electrons. The molecule has 0 spiro atoms. The van der Waals surface area contributed by atoms with Crippen molar-refractivity contribution in [2.24, 2.45) is 17.8 Å². The molecule has 2 fully saturated rings. The van der Waals surface area contributed by atoms with Crippen molar-refractivity contribution in [2.75, 3.05) is 11.9 Å². The fraction of sp³-hybridized carbons (Fsp3) is 0.571. The Morgan fingerprint density at radius 2 is 2.00 bits per heavy atom. The first-order chi connectivity index (χ1) is 8.74. The molecule has 0 aliphatic heterocycles. The van der Waals surface area contributed by atoms with Crippen LogP contribution >= 0.6 is 0 Å². The number of hydrogen-bond donors (Lipinski definition) is 2. The summed E-state index contributed by atoms with van der Waals surface area (Å²) < 4.78 is 0. The zero-order chi connectivity index (χ0) is 12.5. The lowest BCUT2D eigenvalue weighted by atomic mass is 9.98. The smallest absolute Gasteiger partial charge is 0.354 e. The van der Waals surface area contributed by atoms with Gasteiger partial charge < -0.3 is 10.4 Å². The molecule has 2 saturated carbocycles. The molecule has 1 heterocycles. The lowest BCUT2D eigenvalue weighted by molar-refractivity contribution is 0.0690. The second-order valence-corrected chi connectivity index (χ2v) is 5.46. The number of carboxylic acid groups (broad SMARTS) is 1. The van der Waals surface area contributed by atoms with Gasteiger partial charge in [-0.2, -0.15) is 0 Å². The number of pyridine rings is 1. The molecule has 1 aromatic rings. The molecule has 0 amide bonds. The standard InChI is InChI=1S/C14H18N2O2/c17-14(18)13-6-5-11(7-16-13)15-8-12(9-1-2-9)10-3-4-10/h5-7,9-10,12,15H,1-4,8H2,(H,17,18). The third-order valence-corrected chi connectivity index (χ3v) is 3.98. The summed E-state index contributed by atoms with van der Waals surface area (Å²) in [5.74, 6) is 1.69. The molecular weight excluding hydrogens is 228 g/mol. The molecule has 18 heavy (non-hydrogen) atoms. The van der Waals surface area contributed by atoms with E-state index in [1.165, 1.54) is 25.7 Å². The summed E-state index contributed by atoms with van der Waals surface area (Å²) >= 11 is 0. The maximum atomic E-state index is 10.7. The van der Waals surface area contributed by atoms with E-state index in [-0.39, 0.29) is 5.69 Å². The van der Waals surface area contributed by atoms with Gasteiger partial charge in [0.15, 0.2) is 0 Å². The number of nitrogens with zero attached hydrogens (tertiary/aromatic N) is 1. The highest BCUT2D eigenvalue weighted by molar-refractivity contribution is 5.85. The van der Waals surface area contributed by atoms with Crippen molar-refractivity contribution in [2.45, 2.75) is 25.7 Å². The number of carboxylic acids is 1. The average Bonchev–Trinajstić information content (AvgIpc) is 3.24. The summed E-state index contributed by atoms with van der Waals surface area (Å²) in [6.07, 6.45) is 7.16. The van der Waals surface area contributed by atoms with E-state index in [0.29, 0.717) is 0 Å². The third-order valence-electron chi connectivity index (χ3n) is 3.98. The van der Waals surface area contributed by atoms with Crippen LogP contribution in [0.15, 0.2) is 18.3 Å². The van der Waals surface area contributed by atoms with Crippen LogP contribution < -0.4 is 5.32 Å². The molecule has 4 nitrogen and oxygen atoms in total. The van der Waals surface area contributed by atoms with Gasteiger partial charge in [-0.3, -0.25) is 0 Å². The fourth-order valence-corrected chi connectivity index (χ4v) is 2.63. The monoisotopic (exact) mass is 246 g/mol. The van der Waals surface area contributed by atoms with Gasteiger partial charge in [0.1, 0.15) is 5.69 Å². The van der Waals surface area contributed by atoms with Crippen molar-refractivity contribution in [1.82, 2.24) is 4.98 Å². The lowest BCUT2D eigenvalue weighted by Crippen LogP contribution is -2.18. The van der Waals surface area contributed by atoms with E-state index in [2.05, 4.69) is 10.3 Å². The van der Waals surface area contributed by atoms with Crippen molar-refractivity contribution in [3.05, 3.63) is 24.0 Å². The molecule has 0 unspecified atom stereocenters. The summed E-state index contributed by atoms with van der Waals surface area (Å²) in [5, 5.41) is 12.2. The van der Waals surface area contributed by atoms with Crippen LogP contribution in [0.4, 0.5) is 5.69 Å². The van der Waals surface area contributed by atoms with Crippen LogP contribution in [0, 0.1) is 17.8 Å². The highest BCUT2D eigenvalue weighted by atomic mass is 16.4. The van der Waals surface area contributed by atoms with Crippen LogP contribution in [0.3, 0.4) is 0 Å². The van der Waals surface area contributed by atoms with E-state index < -0.39 is 5.97 Å². The van der Waals surface area contributed by atoms with Gasteiger partial charge in [-0.05, 0) is 55.6 Å². The lowest BCUT2D eigenvalue weighted by Gasteiger charge is -2.16. The summed E-state index contributed by atoms with van der Waals surface area (Å²) in [7, 11) is 0. The summed E-state index contributed by atoms with van der Waals surface area (Å²) in [6.45, 7) is 1.00. The maximum absolute atomic E-state index is 10.7. The Hall–Kier alpha value is -1.58. The third kappa shape index (κ3) is 2.63. The highest BCUT2D eigenvalue weighted by Crippen LogP contribution is 2.49. The molecule has 0 saturated heterocycles. The number of hydrogen-bond acceptors (Lipinski definition) is 3. The van der Waals surface area contributed by atoms with Crippen LogP contribution in [0.5, 0.6) is 0 Å². The second kappa shape index (κ2) is 4.59. The Bertz CT molecular complexity index is 424. The Morgan fingerprint density at radius 1 is 1.33 bits per heavy atom. The van der Waals surface area contributed by atoms with Crippen molar-refractivity contribution in [1.29, 1.82) is 0 Å². The normalized spacial score (nSPS) is 18.9. The molecule has 2 aliphatic rings. The predicted octanol–water partition coefficient (Wildman–Crippen LogP) is 2.63. The Balaban J connectivity index is 1.56. The second-order valence-electron chi connectivity index (χ2n) is 5.46. The first kappa shape index (κ1) is 11.5. The number of nitrogens with one attached hydrogen (secondary N) is 1. The largest absolute Gasteiger partial charge is 0.477 e. The molecule has 0 atom stereocenters. The van der Waals surface area contributed by atoms with Crippen molar-refractivity contribution in [3.63, 3.8) is 0 Å². The van der Waals surface area contributed by atoms with Crippen LogP contribution in [-0.4, -0.2) is 22.6 Å². The highest BCUT2D eigenvalue weighted by Gasteiger charge is 2.40. The minimum Gasteiger partial charge on any atom is -0.477 e. The molecule has 96 valence electrons. The fourth-order valence-electron chi connectivity index (χ4n) is 2.63. The first-order valence-corrected chi connectivity index (χ1v) is 6.67. The first-order valence-electron chi connectivity index (χ1n) is 6.67. The van der Waals surface area contributed by atoms with Gasteiger partial charge in [0.05, 0.1) is 11.9 Å². The molecule has 2 aliphatic carbocycles. The Kier molecular flexibility index (Phi) is 2.94. The van der Waals surface area contributed by atoms with Gasteiger partial charge in [0, 0.05) is 6.54 Å². The molecule has 4 heteroatoms. The quantitative estimate of drug-likeness (QED) is 0.810. The SMILES string of the molecule is O=C(O)c1ccc(NCC(C2CC2)C2CC2)cn1. The average molecular weight is 246 g/mol. The summed E-state index contributed by atoms with van der Waals surface area (Å²) in [4.78, 5) is 14.6. The van der Waals surface area contributed by atoms with Crippen LogP contribution in [-0.2, 0) is 0 Å². The predicted molar refractivity (Wildman–Crippen MR) is 68.6 cm³/mol. The van der Waals surface area contributed by atoms with E-state index in [1.807, 2.05) is 0 Å². The molecule has 0 aromatic carbocycles. The van der Waals surface area contributed by atoms with Crippen molar-refractivity contribution in [3.8, 4) is 0 Å². The van der Waals surface area contributed by atoms with Gasteiger partial charge in [-0.25, -0.2) is 9.78 Å². The number of rotatable bonds is 6. The van der Waals surface area contributed by atoms with Crippen molar-refractivity contribution < 1.29 is 9.90 Å². The van der Waals surface area contributed by atoms with Crippen molar-refractivity contribution >= 4 is 11.7 Å². The van der Waals surface area contributed by atoms with Gasteiger partial charge in [-0.1, -0.05) is 0 Å². The van der Waals surface area contributed by atoms with E-state index in [9.17, 15) is 4.79 Å². The Labute approximate surface area is 106 Å². The van der Waals surface area contributed by atoms with Crippen LogP contribution in [0.1, 0.15) is 36.2 Å². The maximum Gasteiger partial charge on any atom is 0.354 e. The number of carbonyl (C=O) groups is 1. The van der Waals surface area contributed by atoms with Gasteiger partial charge >= 0.3 is 5.97 Å². The van der Waals surface area contributed by atoms with Gasteiger partial charge in [0.25, 0.3) is 0 Å². The minimum atomic E-state index is -0.976. The number of anilines is 1. The number of aromatic carboxylic acids is 1. The topological polar surface area (TPSA) is 62.2 Å². The van der Waals surface area contributed by atoms with Crippen LogP contribution in [0.2, 0.25) is 0 Å². The van der Waals surface area contributed by atoms with Gasteiger partial charge in [-0.15, -0.1) is 0 Å². The minimum absolute atomic E-state index is 0.0986. The zero-order valence-electron chi connectivity index (χ0n) is 10.3. The van der Waals surface area contributed by atoms with E-state index >= 15 is 0 Å². The van der Waals surface area contributed by atoms with E-state index in [1.54, 1.807) is 18.3 Å². The number of aromatic nitrogens is 1. The Morgan fingerprint density at radius 3 is 2.44 bits per heavy atom. The summed E-state index contributed by atoms with van der Waals surface area (Å²) in [6, 6.07) is 3.35. The van der Waals surface area contributed by atoms with E-state index in [4.69, 9.17) is 5.11 Å². The molecule has 3 rings (SSSR count). The van der Waals surface area contributed by atoms with Gasteiger partial charge in [0.2, 0.25) is 0 Å². The molecule has 2 N–H and O–H groups in total. The molecule has 1 aromatic heterocycles. The molecular formula is C14H18N2O2. The summed E-state index contributed by atoms with van der Waals surface area (Å²) in [5.41, 5.74) is 1.02. The van der Waals surface area contributed by atoms with E-state index in [0.717, 1.165) is 30.0 Å². The molecule has 0 bridgehead atoms. The zero-order valence-corrected chi connectivity index (χ0v) is 10.3. The van der Waals surface area contributed by atoms with Crippen LogP contribution in [0.25, 0.3) is 0 Å².